The molecular formula is C11H24FNO3. The van der Waals surface area contributed by atoms with E-state index >= 15 is 0 Å². The van der Waals surface area contributed by atoms with Crippen molar-refractivity contribution >= 4 is 0 Å². The minimum Gasteiger partial charge on any atom is -0.379 e. The highest BCUT2D eigenvalue weighted by Gasteiger charge is 2.13. The normalized spacial score (nSPS) is 15.0. The van der Waals surface area contributed by atoms with E-state index in [1.807, 2.05) is 0 Å². The van der Waals surface area contributed by atoms with E-state index < -0.39 is 12.3 Å². The Kier molecular flexibility index (Phi) is 11.1. The van der Waals surface area contributed by atoms with Crippen LogP contribution >= 0.6 is 0 Å². The number of hydrogen-bond acceptors (Lipinski definition) is 4. The van der Waals surface area contributed by atoms with Crippen LogP contribution in [0.15, 0.2) is 0 Å². The summed E-state index contributed by atoms with van der Waals surface area (Å²) in [6, 6.07) is 0. The first-order chi connectivity index (χ1) is 7.72. The van der Waals surface area contributed by atoms with Gasteiger partial charge in [0.1, 0.15) is 6.17 Å². The lowest BCUT2D eigenvalue weighted by atomic mass is 10.2. The summed E-state index contributed by atoms with van der Waals surface area (Å²) in [5.74, 6) is 0. The molecule has 0 bridgehead atoms. The monoisotopic (exact) mass is 237 g/mol. The van der Waals surface area contributed by atoms with Crippen LogP contribution in [0, 0.1) is 0 Å². The molecule has 4 nitrogen and oxygen atoms in total. The molecular weight excluding hydrogens is 213 g/mol. The minimum atomic E-state index is -1.10. The highest BCUT2D eigenvalue weighted by molar-refractivity contribution is 4.64. The summed E-state index contributed by atoms with van der Waals surface area (Å²) >= 11 is 0. The van der Waals surface area contributed by atoms with Crippen LogP contribution in [0.2, 0.25) is 0 Å². The van der Waals surface area contributed by atoms with Crippen LogP contribution < -0.4 is 5.73 Å². The molecule has 98 valence electrons. The van der Waals surface area contributed by atoms with Gasteiger partial charge in [-0.15, -0.1) is 0 Å². The van der Waals surface area contributed by atoms with Crippen LogP contribution in [-0.4, -0.2) is 51.9 Å². The maximum Gasteiger partial charge on any atom is 0.138 e. The molecule has 0 aliphatic heterocycles. The number of ether oxygens (including phenoxy) is 3. The fourth-order valence-corrected chi connectivity index (χ4v) is 1.06. The van der Waals surface area contributed by atoms with Gasteiger partial charge in [0.25, 0.3) is 0 Å². The molecule has 0 radical (unpaired) electrons. The Hall–Kier alpha value is -0.230. The van der Waals surface area contributed by atoms with Gasteiger partial charge in [0.2, 0.25) is 0 Å². The van der Waals surface area contributed by atoms with E-state index in [2.05, 4.69) is 6.92 Å². The fraction of sp³-hybridized carbons (Fsp3) is 1.00. The summed E-state index contributed by atoms with van der Waals surface area (Å²) in [7, 11) is 0. The van der Waals surface area contributed by atoms with Crippen molar-refractivity contribution in [2.45, 2.75) is 32.5 Å². The summed E-state index contributed by atoms with van der Waals surface area (Å²) in [6.45, 7) is 6.46. The molecule has 0 aliphatic carbocycles. The number of rotatable bonds is 11. The van der Waals surface area contributed by atoms with Crippen molar-refractivity contribution < 1.29 is 18.6 Å². The summed E-state index contributed by atoms with van der Waals surface area (Å²) < 4.78 is 28.6. The van der Waals surface area contributed by atoms with E-state index in [9.17, 15) is 4.39 Å². The highest BCUT2D eigenvalue weighted by atomic mass is 19.1. The summed E-state index contributed by atoms with van der Waals surface area (Å²) in [6.07, 6.45) is -0.560. The van der Waals surface area contributed by atoms with Crippen LogP contribution in [0.5, 0.6) is 0 Å². The fourth-order valence-electron chi connectivity index (χ4n) is 1.06. The Balaban J connectivity index is 3.14. The third-order valence-electron chi connectivity index (χ3n) is 2.06. The molecule has 0 amide bonds. The average Bonchev–Trinajstić information content (AvgIpc) is 2.31. The third-order valence-corrected chi connectivity index (χ3v) is 2.06. The summed E-state index contributed by atoms with van der Waals surface area (Å²) in [4.78, 5) is 0. The maximum absolute atomic E-state index is 12.9. The van der Waals surface area contributed by atoms with Gasteiger partial charge in [-0.25, -0.2) is 4.39 Å². The second-order valence-electron chi connectivity index (χ2n) is 3.55. The van der Waals surface area contributed by atoms with Gasteiger partial charge < -0.3 is 19.9 Å². The molecule has 0 aromatic rings. The van der Waals surface area contributed by atoms with Crippen molar-refractivity contribution in [2.24, 2.45) is 5.73 Å². The standard InChI is InChI=1S/C11H24FNO3/c1-3-4-14-5-6-15-7-8-16-10(2)11(12)9-13/h10-11H,3-9,13H2,1-2H3. The Morgan fingerprint density at radius 1 is 1.06 bits per heavy atom. The lowest BCUT2D eigenvalue weighted by Gasteiger charge is -2.15. The topological polar surface area (TPSA) is 53.7 Å². The lowest BCUT2D eigenvalue weighted by Crippen LogP contribution is -2.30. The molecule has 0 heterocycles. The van der Waals surface area contributed by atoms with Gasteiger partial charge in [0, 0.05) is 13.2 Å². The predicted molar refractivity (Wildman–Crippen MR) is 61.3 cm³/mol. The van der Waals surface area contributed by atoms with Gasteiger partial charge in [-0.2, -0.15) is 0 Å². The second-order valence-corrected chi connectivity index (χ2v) is 3.55. The molecule has 0 aromatic carbocycles. The molecule has 2 N–H and O–H groups in total. The number of alkyl halides is 1. The molecule has 0 rings (SSSR count). The van der Waals surface area contributed by atoms with Crippen LogP contribution in [0.4, 0.5) is 4.39 Å². The zero-order chi connectivity index (χ0) is 12.2. The highest BCUT2D eigenvalue weighted by Crippen LogP contribution is 2.01. The first kappa shape index (κ1) is 15.8. The van der Waals surface area contributed by atoms with Gasteiger partial charge in [0.05, 0.1) is 32.5 Å². The van der Waals surface area contributed by atoms with E-state index in [1.54, 1.807) is 6.92 Å². The number of halogens is 1. The Bertz CT molecular complexity index is 149. The van der Waals surface area contributed by atoms with Crippen molar-refractivity contribution in [2.75, 3.05) is 39.6 Å². The second kappa shape index (κ2) is 11.3. The first-order valence-electron chi connectivity index (χ1n) is 5.83. The maximum atomic E-state index is 12.9. The average molecular weight is 237 g/mol. The Morgan fingerprint density at radius 2 is 1.62 bits per heavy atom. The molecule has 2 atom stereocenters. The molecule has 0 saturated carbocycles. The van der Waals surface area contributed by atoms with Gasteiger partial charge in [0.15, 0.2) is 0 Å². The van der Waals surface area contributed by atoms with Crippen LogP contribution in [0.25, 0.3) is 0 Å². The number of nitrogens with two attached hydrogens (primary N) is 1. The van der Waals surface area contributed by atoms with Crippen LogP contribution in [0.1, 0.15) is 20.3 Å². The molecule has 0 fully saturated rings. The van der Waals surface area contributed by atoms with Crippen molar-refractivity contribution in [3.8, 4) is 0 Å². The predicted octanol–water partition coefficient (Wildman–Crippen LogP) is 1.13. The summed E-state index contributed by atoms with van der Waals surface area (Å²) in [5.41, 5.74) is 5.17. The Labute approximate surface area is 97.2 Å². The molecule has 2 unspecified atom stereocenters. The first-order valence-corrected chi connectivity index (χ1v) is 5.83. The number of hydrogen-bond donors (Lipinski definition) is 1. The zero-order valence-electron chi connectivity index (χ0n) is 10.3. The van der Waals surface area contributed by atoms with Crippen molar-refractivity contribution in [3.63, 3.8) is 0 Å². The summed E-state index contributed by atoms with van der Waals surface area (Å²) in [5, 5.41) is 0. The van der Waals surface area contributed by atoms with E-state index in [0.29, 0.717) is 26.4 Å². The molecule has 16 heavy (non-hydrogen) atoms. The van der Waals surface area contributed by atoms with E-state index in [-0.39, 0.29) is 6.54 Å². The molecule has 0 aromatic heterocycles. The van der Waals surface area contributed by atoms with Crippen LogP contribution in [-0.2, 0) is 14.2 Å². The van der Waals surface area contributed by atoms with E-state index in [1.165, 1.54) is 0 Å². The minimum absolute atomic E-state index is 0.00706. The largest absolute Gasteiger partial charge is 0.379 e. The van der Waals surface area contributed by atoms with E-state index in [0.717, 1.165) is 13.0 Å². The zero-order valence-corrected chi connectivity index (χ0v) is 10.3. The van der Waals surface area contributed by atoms with Gasteiger partial charge in [-0.3, -0.25) is 0 Å². The molecule has 0 spiro atoms. The third kappa shape index (κ3) is 9.03. The van der Waals surface area contributed by atoms with Crippen LogP contribution in [0.3, 0.4) is 0 Å². The lowest BCUT2D eigenvalue weighted by molar-refractivity contribution is -0.0287. The van der Waals surface area contributed by atoms with Crippen molar-refractivity contribution in [3.05, 3.63) is 0 Å². The van der Waals surface area contributed by atoms with Gasteiger partial charge in [-0.05, 0) is 13.3 Å². The van der Waals surface area contributed by atoms with Gasteiger partial charge >= 0.3 is 0 Å². The Morgan fingerprint density at radius 3 is 2.19 bits per heavy atom. The smallest absolute Gasteiger partial charge is 0.138 e. The molecule has 5 heteroatoms. The van der Waals surface area contributed by atoms with E-state index in [4.69, 9.17) is 19.9 Å². The van der Waals surface area contributed by atoms with Crippen molar-refractivity contribution in [1.82, 2.24) is 0 Å². The van der Waals surface area contributed by atoms with Crippen molar-refractivity contribution in [1.29, 1.82) is 0 Å². The van der Waals surface area contributed by atoms with Gasteiger partial charge in [-0.1, -0.05) is 6.92 Å². The molecule has 0 saturated heterocycles. The molecule has 0 aliphatic rings. The quantitative estimate of drug-likeness (QED) is 0.547. The SMILES string of the molecule is CCCOCCOCCOC(C)C(F)CN.